The SMILES string of the molecule is CCCCC(Oc1ccccc1)(C(O)c1ccc(Cl)cc1Cl)n1nnc2ccccc21. The third-order valence-corrected chi connectivity index (χ3v) is 5.88. The van der Waals surface area contributed by atoms with Crippen LogP contribution in [0.4, 0.5) is 0 Å². The van der Waals surface area contributed by atoms with E-state index in [-0.39, 0.29) is 0 Å². The minimum absolute atomic E-state index is 0.363. The summed E-state index contributed by atoms with van der Waals surface area (Å²) in [6, 6.07) is 22.1. The van der Waals surface area contributed by atoms with E-state index in [1.54, 1.807) is 22.9 Å². The number of halogens is 2. The molecule has 1 aromatic heterocycles. The Morgan fingerprint density at radius 3 is 2.52 bits per heavy atom. The summed E-state index contributed by atoms with van der Waals surface area (Å²) in [4.78, 5) is 0. The van der Waals surface area contributed by atoms with Crippen LogP contribution < -0.4 is 4.74 Å². The van der Waals surface area contributed by atoms with Gasteiger partial charge in [0.25, 0.3) is 0 Å². The highest BCUT2D eigenvalue weighted by atomic mass is 35.5. The molecule has 0 amide bonds. The topological polar surface area (TPSA) is 60.2 Å². The average molecular weight is 456 g/mol. The zero-order valence-electron chi connectivity index (χ0n) is 17.1. The molecule has 7 heteroatoms. The Morgan fingerprint density at radius 1 is 1.03 bits per heavy atom. The van der Waals surface area contributed by atoms with Gasteiger partial charge in [-0.2, -0.15) is 4.68 Å². The van der Waals surface area contributed by atoms with Crippen LogP contribution >= 0.6 is 23.2 Å². The first-order chi connectivity index (χ1) is 15.0. The first kappa shape index (κ1) is 21.6. The molecule has 5 nitrogen and oxygen atoms in total. The molecule has 0 bridgehead atoms. The van der Waals surface area contributed by atoms with Crippen molar-refractivity contribution in [2.45, 2.75) is 38.0 Å². The van der Waals surface area contributed by atoms with Gasteiger partial charge in [-0.25, -0.2) is 0 Å². The van der Waals surface area contributed by atoms with Gasteiger partial charge in [-0.15, -0.1) is 5.10 Å². The number of aliphatic hydroxyl groups excluding tert-OH is 1. The molecule has 1 N–H and O–H groups in total. The molecule has 0 saturated heterocycles. The lowest BCUT2D eigenvalue weighted by Crippen LogP contribution is -2.46. The number of unbranched alkanes of at least 4 members (excludes halogenated alkanes) is 1. The third kappa shape index (κ3) is 4.26. The van der Waals surface area contributed by atoms with E-state index in [9.17, 15) is 5.11 Å². The van der Waals surface area contributed by atoms with E-state index in [4.69, 9.17) is 27.9 Å². The van der Waals surface area contributed by atoms with Crippen molar-refractivity contribution in [3.63, 3.8) is 0 Å². The number of hydrogen-bond donors (Lipinski definition) is 1. The summed E-state index contributed by atoms with van der Waals surface area (Å²) < 4.78 is 8.26. The number of aliphatic hydroxyl groups is 1. The quantitative estimate of drug-likeness (QED) is 0.334. The highest BCUT2D eigenvalue weighted by Gasteiger charge is 2.45. The first-order valence-electron chi connectivity index (χ1n) is 10.2. The second-order valence-corrected chi connectivity index (χ2v) is 8.27. The molecule has 0 spiro atoms. The van der Waals surface area contributed by atoms with Crippen molar-refractivity contribution in [2.24, 2.45) is 0 Å². The fourth-order valence-corrected chi connectivity index (χ4v) is 4.26. The van der Waals surface area contributed by atoms with Gasteiger partial charge in [0, 0.05) is 22.0 Å². The molecule has 0 aliphatic heterocycles. The molecule has 0 fully saturated rings. The molecule has 0 aliphatic rings. The summed E-state index contributed by atoms with van der Waals surface area (Å²) in [6.45, 7) is 2.09. The van der Waals surface area contributed by atoms with Crippen LogP contribution in [0.2, 0.25) is 10.0 Å². The monoisotopic (exact) mass is 455 g/mol. The van der Waals surface area contributed by atoms with E-state index in [2.05, 4.69) is 17.2 Å². The van der Waals surface area contributed by atoms with E-state index in [0.717, 1.165) is 23.9 Å². The number of rotatable bonds is 8. The van der Waals surface area contributed by atoms with Crippen molar-refractivity contribution in [3.05, 3.63) is 88.4 Å². The molecule has 2 unspecified atom stereocenters. The fourth-order valence-electron chi connectivity index (χ4n) is 3.75. The molecule has 31 heavy (non-hydrogen) atoms. The van der Waals surface area contributed by atoms with E-state index < -0.39 is 11.8 Å². The Kier molecular flexibility index (Phi) is 6.46. The van der Waals surface area contributed by atoms with Gasteiger partial charge in [-0.3, -0.25) is 0 Å². The normalized spacial score (nSPS) is 14.3. The fraction of sp³-hybridized carbons (Fsp3) is 0.250. The van der Waals surface area contributed by atoms with Crippen LogP contribution in [-0.2, 0) is 5.72 Å². The summed E-state index contributed by atoms with van der Waals surface area (Å²) >= 11 is 12.6. The molecule has 160 valence electrons. The largest absolute Gasteiger partial charge is 0.463 e. The van der Waals surface area contributed by atoms with Gasteiger partial charge in [0.2, 0.25) is 5.72 Å². The van der Waals surface area contributed by atoms with Crippen molar-refractivity contribution < 1.29 is 9.84 Å². The van der Waals surface area contributed by atoms with Crippen molar-refractivity contribution in [3.8, 4) is 5.75 Å². The lowest BCUT2D eigenvalue weighted by Gasteiger charge is -2.39. The standard InChI is InChI=1S/C24H23Cl2N3O2/c1-2-3-15-24(31-18-9-5-4-6-10-18,23(30)19-14-13-17(25)16-20(19)26)29-22-12-8-7-11-21(22)27-28-29/h4-14,16,23,30H,2-3,15H2,1H3. The van der Waals surface area contributed by atoms with Gasteiger partial charge in [0.1, 0.15) is 17.4 Å². The number of hydrogen-bond acceptors (Lipinski definition) is 4. The molecule has 2 atom stereocenters. The van der Waals surface area contributed by atoms with E-state index in [1.807, 2.05) is 54.6 Å². The van der Waals surface area contributed by atoms with Gasteiger partial charge in [0.15, 0.2) is 0 Å². The summed E-state index contributed by atoms with van der Waals surface area (Å²) in [6.07, 6.45) is 1.07. The van der Waals surface area contributed by atoms with E-state index >= 15 is 0 Å². The maximum atomic E-state index is 11.8. The minimum atomic E-state index is -1.27. The number of nitrogens with zero attached hydrogens (tertiary/aromatic N) is 3. The van der Waals surface area contributed by atoms with Gasteiger partial charge in [-0.05, 0) is 42.8 Å². The van der Waals surface area contributed by atoms with Crippen LogP contribution in [0.15, 0.2) is 72.8 Å². The molecule has 0 radical (unpaired) electrons. The maximum Gasteiger partial charge on any atom is 0.233 e. The maximum absolute atomic E-state index is 11.8. The zero-order valence-corrected chi connectivity index (χ0v) is 18.6. The third-order valence-electron chi connectivity index (χ3n) is 5.32. The number of aromatic nitrogens is 3. The number of fused-ring (bicyclic) bond motifs is 1. The van der Waals surface area contributed by atoms with E-state index in [1.165, 1.54) is 0 Å². The molecule has 3 aromatic carbocycles. The molecule has 0 aliphatic carbocycles. The lowest BCUT2D eigenvalue weighted by molar-refractivity contribution is -0.129. The zero-order chi connectivity index (χ0) is 21.8. The Balaban J connectivity index is 1.94. The van der Waals surface area contributed by atoms with Crippen molar-refractivity contribution in [2.75, 3.05) is 0 Å². The van der Waals surface area contributed by atoms with Crippen molar-refractivity contribution in [1.29, 1.82) is 0 Å². The smallest absolute Gasteiger partial charge is 0.233 e. The highest BCUT2D eigenvalue weighted by Crippen LogP contribution is 2.43. The molecule has 4 aromatic rings. The van der Waals surface area contributed by atoms with Crippen molar-refractivity contribution in [1.82, 2.24) is 15.0 Å². The summed E-state index contributed by atoms with van der Waals surface area (Å²) in [7, 11) is 0. The highest BCUT2D eigenvalue weighted by molar-refractivity contribution is 6.35. The van der Waals surface area contributed by atoms with Crippen LogP contribution in [0.5, 0.6) is 5.75 Å². The molecule has 4 rings (SSSR count). The van der Waals surface area contributed by atoms with Crippen molar-refractivity contribution >= 4 is 34.2 Å². The second kappa shape index (κ2) is 9.27. The first-order valence-corrected chi connectivity index (χ1v) is 11.0. The Bertz CT molecular complexity index is 1170. The lowest BCUT2D eigenvalue weighted by atomic mass is 9.93. The molecule has 1 heterocycles. The summed E-state index contributed by atoms with van der Waals surface area (Å²) in [5, 5.41) is 21.4. The van der Waals surface area contributed by atoms with Crippen LogP contribution in [0.1, 0.15) is 37.9 Å². The van der Waals surface area contributed by atoms with E-state index in [0.29, 0.717) is 27.8 Å². The second-order valence-electron chi connectivity index (χ2n) is 7.42. The van der Waals surface area contributed by atoms with Crippen LogP contribution in [0.3, 0.4) is 0 Å². The Hall–Kier alpha value is -2.60. The van der Waals surface area contributed by atoms with Gasteiger partial charge < -0.3 is 9.84 Å². The predicted molar refractivity (Wildman–Crippen MR) is 124 cm³/mol. The average Bonchev–Trinajstić information content (AvgIpc) is 3.22. The molecular weight excluding hydrogens is 433 g/mol. The number of ether oxygens (including phenoxy) is 1. The van der Waals surface area contributed by atoms with Gasteiger partial charge in [0.05, 0.1) is 5.52 Å². The summed E-state index contributed by atoms with van der Waals surface area (Å²) in [5.74, 6) is 0.613. The molecular formula is C24H23Cl2N3O2. The van der Waals surface area contributed by atoms with Crippen LogP contribution in [0.25, 0.3) is 11.0 Å². The number of benzene rings is 3. The van der Waals surface area contributed by atoms with Crippen LogP contribution in [0, 0.1) is 0 Å². The predicted octanol–water partition coefficient (Wildman–Crippen LogP) is 6.39. The Labute approximate surface area is 191 Å². The van der Waals surface area contributed by atoms with Crippen LogP contribution in [-0.4, -0.2) is 20.1 Å². The summed E-state index contributed by atoms with van der Waals surface area (Å²) in [5.41, 5.74) is 0.719. The number of para-hydroxylation sites is 2. The Morgan fingerprint density at radius 2 is 1.77 bits per heavy atom. The van der Waals surface area contributed by atoms with Gasteiger partial charge >= 0.3 is 0 Å². The minimum Gasteiger partial charge on any atom is -0.463 e. The molecule has 0 saturated carbocycles. The van der Waals surface area contributed by atoms with Gasteiger partial charge in [-0.1, -0.05) is 78.2 Å².